The lowest BCUT2D eigenvalue weighted by Gasteiger charge is -2.27. The number of nitrogens with zero attached hydrogens (tertiary/aromatic N) is 2. The van der Waals surface area contributed by atoms with Gasteiger partial charge in [-0.15, -0.1) is 0 Å². The molecular formula is C46H66N4O4. The van der Waals surface area contributed by atoms with Crippen LogP contribution in [0, 0.1) is 24.7 Å². The number of rotatable bonds is 9. The Morgan fingerprint density at radius 2 is 0.963 bits per heavy atom. The summed E-state index contributed by atoms with van der Waals surface area (Å²) in [5.41, 5.74) is 9.38. The standard InChI is InChI=1S/C21H24N2O2.C19H20N2O2.3C2H6.2H2/c1-3-22-19(24)21(15-17-7-5-4-6-8-17)13-14-23(20(21)25)18-11-9-16(2)10-12-18;1-14-7-9-16(10-8-14)21-12-11-19(17(20)22,18(21)23)13-15-5-3-2-4-6-15;3*1-2;;/h4-12H,3,13-15H2,1-2H3,(H,22,24);2-10H,11-13H2,1H3,(H2,20,22);3*1-2H3;2*1H/t21-;19-;;;;;/m10...../s1. The number of hydrogen-bond donors (Lipinski definition) is 2. The molecule has 294 valence electrons. The first kappa shape index (κ1) is 44.9. The SMILES string of the molecule is CC.CC.CC.CCNC(=O)[C@]1(Cc2ccccc2)CCN(c2ccc(C)cc2)C1=O.Cc1ccc(N2CC[C@](Cc3ccccc3)(C(N)=O)C2=O)cc1.[HH].[HH]. The summed E-state index contributed by atoms with van der Waals surface area (Å²) in [4.78, 5) is 54.7. The number of aryl methyl sites for hydroxylation is 2. The average molecular weight is 739 g/mol. The van der Waals surface area contributed by atoms with E-state index in [1.807, 2.05) is 172 Å². The van der Waals surface area contributed by atoms with Crippen LogP contribution < -0.4 is 20.9 Å². The Labute approximate surface area is 327 Å². The Morgan fingerprint density at radius 1 is 0.611 bits per heavy atom. The van der Waals surface area contributed by atoms with Crippen LogP contribution in [0.5, 0.6) is 0 Å². The molecule has 2 atom stereocenters. The zero-order valence-corrected chi connectivity index (χ0v) is 33.9. The molecule has 4 aromatic rings. The van der Waals surface area contributed by atoms with Crippen LogP contribution in [0.2, 0.25) is 0 Å². The monoisotopic (exact) mass is 739 g/mol. The van der Waals surface area contributed by atoms with Crippen LogP contribution in [0.4, 0.5) is 11.4 Å². The van der Waals surface area contributed by atoms with Crippen LogP contribution in [0.15, 0.2) is 109 Å². The second-order valence-electron chi connectivity index (χ2n) is 12.8. The summed E-state index contributed by atoms with van der Waals surface area (Å²) < 4.78 is 0. The first-order valence-electron chi connectivity index (χ1n) is 19.5. The van der Waals surface area contributed by atoms with Crippen LogP contribution in [0.3, 0.4) is 0 Å². The van der Waals surface area contributed by atoms with E-state index in [0.29, 0.717) is 45.3 Å². The van der Waals surface area contributed by atoms with Crippen LogP contribution in [-0.2, 0) is 32.0 Å². The Morgan fingerprint density at radius 3 is 1.33 bits per heavy atom. The minimum atomic E-state index is -1.15. The molecule has 0 spiro atoms. The van der Waals surface area contributed by atoms with Crippen molar-refractivity contribution in [2.24, 2.45) is 16.6 Å². The molecule has 8 heteroatoms. The Bertz CT molecular complexity index is 1760. The highest BCUT2D eigenvalue weighted by atomic mass is 16.2. The van der Waals surface area contributed by atoms with Gasteiger partial charge in [0.25, 0.3) is 0 Å². The summed E-state index contributed by atoms with van der Waals surface area (Å²) in [5, 5.41) is 2.87. The molecule has 2 heterocycles. The average Bonchev–Trinajstić information content (AvgIpc) is 3.72. The van der Waals surface area contributed by atoms with Crippen molar-refractivity contribution in [3.8, 4) is 0 Å². The fraction of sp³-hybridized carbons (Fsp3) is 0.391. The third-order valence-corrected chi connectivity index (χ3v) is 9.47. The summed E-state index contributed by atoms with van der Waals surface area (Å²) in [6, 6.07) is 35.0. The fourth-order valence-electron chi connectivity index (χ4n) is 6.63. The van der Waals surface area contributed by atoms with Gasteiger partial charge in [-0.1, -0.05) is 138 Å². The minimum Gasteiger partial charge on any atom is -0.369 e. The van der Waals surface area contributed by atoms with Gasteiger partial charge in [0.15, 0.2) is 0 Å². The fourth-order valence-corrected chi connectivity index (χ4v) is 6.63. The molecule has 4 aromatic carbocycles. The third kappa shape index (κ3) is 10.7. The quantitative estimate of drug-likeness (QED) is 0.167. The number of nitrogens with one attached hydrogen (secondary N) is 1. The number of amides is 4. The maximum Gasteiger partial charge on any atom is 0.243 e. The Kier molecular flexibility index (Phi) is 18.4. The Hall–Kier alpha value is -5.24. The normalized spacial score (nSPS) is 18.4. The van der Waals surface area contributed by atoms with Crippen molar-refractivity contribution in [2.75, 3.05) is 29.4 Å². The van der Waals surface area contributed by atoms with Crippen LogP contribution in [0.1, 0.15) is 86.4 Å². The molecule has 4 amide bonds. The lowest BCUT2D eigenvalue weighted by Crippen LogP contribution is -2.48. The van der Waals surface area contributed by atoms with E-state index in [2.05, 4.69) is 5.32 Å². The third-order valence-electron chi connectivity index (χ3n) is 9.47. The van der Waals surface area contributed by atoms with Crippen molar-refractivity contribution in [1.82, 2.24) is 5.32 Å². The molecule has 0 bridgehead atoms. The zero-order chi connectivity index (χ0) is 40.3. The van der Waals surface area contributed by atoms with E-state index in [1.165, 1.54) is 0 Å². The molecule has 2 fully saturated rings. The van der Waals surface area contributed by atoms with Crippen LogP contribution >= 0.6 is 0 Å². The van der Waals surface area contributed by atoms with Gasteiger partial charge in [0.05, 0.1) is 0 Å². The lowest BCUT2D eigenvalue weighted by molar-refractivity contribution is -0.140. The maximum absolute atomic E-state index is 13.3. The van der Waals surface area contributed by atoms with Gasteiger partial charge in [-0.05, 0) is 81.8 Å². The molecule has 2 aliphatic heterocycles. The largest absolute Gasteiger partial charge is 0.369 e. The highest BCUT2D eigenvalue weighted by Gasteiger charge is 2.53. The van der Waals surface area contributed by atoms with Gasteiger partial charge >= 0.3 is 0 Å². The van der Waals surface area contributed by atoms with Gasteiger partial charge in [0.2, 0.25) is 23.6 Å². The number of nitrogens with two attached hydrogens (primary N) is 1. The second kappa shape index (κ2) is 22.1. The molecule has 2 aliphatic rings. The minimum absolute atomic E-state index is 0. The first-order chi connectivity index (χ1) is 26.1. The molecule has 6 rings (SSSR count). The van der Waals surface area contributed by atoms with Crippen molar-refractivity contribution in [1.29, 1.82) is 0 Å². The number of benzene rings is 4. The van der Waals surface area contributed by atoms with Crippen molar-refractivity contribution in [2.45, 2.75) is 88.0 Å². The van der Waals surface area contributed by atoms with E-state index in [9.17, 15) is 19.2 Å². The number of carbonyl (C=O) groups excluding carboxylic acids is 4. The van der Waals surface area contributed by atoms with Gasteiger partial charge in [0, 0.05) is 33.9 Å². The molecular weight excluding hydrogens is 673 g/mol. The summed E-state index contributed by atoms with van der Waals surface area (Å²) in [5.74, 6) is -1.01. The zero-order valence-electron chi connectivity index (χ0n) is 33.9. The smallest absolute Gasteiger partial charge is 0.243 e. The van der Waals surface area contributed by atoms with Gasteiger partial charge < -0.3 is 20.9 Å². The van der Waals surface area contributed by atoms with Gasteiger partial charge in [-0.3, -0.25) is 19.2 Å². The van der Waals surface area contributed by atoms with Crippen LogP contribution in [0.25, 0.3) is 0 Å². The molecule has 3 N–H and O–H groups in total. The van der Waals surface area contributed by atoms with E-state index in [0.717, 1.165) is 33.6 Å². The van der Waals surface area contributed by atoms with E-state index in [4.69, 9.17) is 5.73 Å². The first-order valence-corrected chi connectivity index (χ1v) is 19.5. The van der Waals surface area contributed by atoms with Crippen molar-refractivity contribution in [3.63, 3.8) is 0 Å². The van der Waals surface area contributed by atoms with Crippen molar-refractivity contribution in [3.05, 3.63) is 131 Å². The molecule has 0 aliphatic carbocycles. The van der Waals surface area contributed by atoms with E-state index in [-0.39, 0.29) is 20.6 Å². The summed E-state index contributed by atoms with van der Waals surface area (Å²) in [6.45, 7) is 19.5. The predicted octanol–water partition coefficient (Wildman–Crippen LogP) is 9.11. The highest BCUT2D eigenvalue weighted by Crippen LogP contribution is 2.39. The highest BCUT2D eigenvalue weighted by molar-refractivity contribution is 6.14. The van der Waals surface area contributed by atoms with Crippen molar-refractivity contribution < 1.29 is 22.0 Å². The number of primary amides is 1. The molecule has 0 aromatic heterocycles. The van der Waals surface area contributed by atoms with Crippen LogP contribution in [-0.4, -0.2) is 43.3 Å². The summed E-state index contributed by atoms with van der Waals surface area (Å²) in [7, 11) is 0. The number of carbonyl (C=O) groups is 4. The topological polar surface area (TPSA) is 113 Å². The van der Waals surface area contributed by atoms with Crippen molar-refractivity contribution >= 4 is 35.0 Å². The van der Waals surface area contributed by atoms with Gasteiger partial charge in [-0.25, -0.2) is 0 Å². The molecule has 0 radical (unpaired) electrons. The lowest BCUT2D eigenvalue weighted by atomic mass is 9.79. The molecule has 0 unspecified atom stereocenters. The summed E-state index contributed by atoms with van der Waals surface area (Å²) >= 11 is 0. The molecule has 54 heavy (non-hydrogen) atoms. The Balaban J connectivity index is 0.000000926. The second-order valence-corrected chi connectivity index (χ2v) is 12.8. The van der Waals surface area contributed by atoms with E-state index >= 15 is 0 Å². The molecule has 0 saturated carbocycles. The maximum atomic E-state index is 13.3. The molecule has 8 nitrogen and oxygen atoms in total. The summed E-state index contributed by atoms with van der Waals surface area (Å²) in [6.07, 6.45) is 1.76. The molecule has 2 saturated heterocycles. The van der Waals surface area contributed by atoms with Gasteiger partial charge in [-0.2, -0.15) is 0 Å². The number of hydrogen-bond acceptors (Lipinski definition) is 4. The van der Waals surface area contributed by atoms with E-state index < -0.39 is 16.7 Å². The van der Waals surface area contributed by atoms with Gasteiger partial charge in [0.1, 0.15) is 10.8 Å². The number of anilines is 2. The van der Waals surface area contributed by atoms with E-state index in [1.54, 1.807) is 9.80 Å². The predicted molar refractivity (Wildman–Crippen MR) is 228 cm³/mol.